The number of piperazine rings is 1. The predicted molar refractivity (Wildman–Crippen MR) is 154 cm³/mol. The van der Waals surface area contributed by atoms with Crippen LogP contribution >= 0.6 is 12.4 Å². The van der Waals surface area contributed by atoms with Gasteiger partial charge in [-0.3, -0.25) is 4.90 Å². The third-order valence-corrected chi connectivity index (χ3v) is 9.01. The molecular weight excluding hydrogens is 470 g/mol. The zero-order valence-corrected chi connectivity index (χ0v) is 23.7. The summed E-state index contributed by atoms with van der Waals surface area (Å²) < 4.78 is 11.2. The third-order valence-electron chi connectivity index (χ3n) is 9.01. The first-order chi connectivity index (χ1) is 17.0. The van der Waals surface area contributed by atoms with E-state index in [4.69, 9.17) is 9.47 Å². The molecule has 1 aromatic rings. The second-order valence-electron chi connectivity index (χ2n) is 12.1. The van der Waals surface area contributed by atoms with Crippen molar-refractivity contribution in [3.63, 3.8) is 0 Å². The molecule has 0 spiro atoms. The fourth-order valence-corrected chi connectivity index (χ4v) is 6.39. The molecule has 1 aliphatic carbocycles. The first kappa shape index (κ1) is 27.8. The van der Waals surface area contributed by atoms with Gasteiger partial charge < -0.3 is 19.3 Å². The first-order valence-corrected chi connectivity index (χ1v) is 14.2. The number of anilines is 2. The lowest BCUT2D eigenvalue weighted by Gasteiger charge is -2.40. The molecule has 0 bridgehead atoms. The Morgan fingerprint density at radius 2 is 1.67 bits per heavy atom. The van der Waals surface area contributed by atoms with Crippen molar-refractivity contribution >= 4 is 29.4 Å². The second kappa shape index (κ2) is 12.5. The largest absolute Gasteiger partial charge is 0.381 e. The SMILES string of the molecule is COC1CCN(c2ccc(N3CCN(CC4CCOCC4)CC3)c(C3=CCC(C)(C)CC3)c2)CC1.Cl. The average molecular weight is 518 g/mol. The number of nitrogens with zero attached hydrogens (tertiary/aromatic N) is 3. The minimum absolute atomic E-state index is 0. The normalized spacial score (nSPS) is 24.4. The van der Waals surface area contributed by atoms with Gasteiger partial charge in [-0.25, -0.2) is 0 Å². The van der Waals surface area contributed by atoms with Gasteiger partial charge in [0.05, 0.1) is 6.10 Å². The molecule has 3 fully saturated rings. The third kappa shape index (κ3) is 6.78. The minimum atomic E-state index is 0. The molecule has 6 heteroatoms. The number of allylic oxidation sites excluding steroid dienone is 2. The second-order valence-corrected chi connectivity index (χ2v) is 12.1. The Morgan fingerprint density at radius 1 is 0.944 bits per heavy atom. The molecule has 0 saturated carbocycles. The summed E-state index contributed by atoms with van der Waals surface area (Å²) in [7, 11) is 1.85. The van der Waals surface area contributed by atoms with Gasteiger partial charge in [-0.2, -0.15) is 0 Å². The van der Waals surface area contributed by atoms with Gasteiger partial charge >= 0.3 is 0 Å². The molecule has 202 valence electrons. The number of piperidine rings is 1. The van der Waals surface area contributed by atoms with Crippen LogP contribution in [0.2, 0.25) is 0 Å². The Balaban J connectivity index is 0.00000304. The summed E-state index contributed by atoms with van der Waals surface area (Å²) >= 11 is 0. The average Bonchev–Trinajstić information content (AvgIpc) is 2.90. The van der Waals surface area contributed by atoms with Crippen molar-refractivity contribution in [2.75, 3.05) is 75.9 Å². The molecule has 0 amide bonds. The molecular formula is C30H48ClN3O2. The van der Waals surface area contributed by atoms with Gasteiger partial charge in [0.1, 0.15) is 0 Å². The number of ether oxygens (including phenoxy) is 2. The molecule has 0 atom stereocenters. The van der Waals surface area contributed by atoms with Crippen LogP contribution in [0.5, 0.6) is 0 Å². The Hall–Kier alpha value is -1.27. The van der Waals surface area contributed by atoms with Crippen LogP contribution in [0.1, 0.15) is 64.4 Å². The monoisotopic (exact) mass is 517 g/mol. The summed E-state index contributed by atoms with van der Waals surface area (Å²) in [6.45, 7) is 14.8. The molecule has 3 saturated heterocycles. The highest BCUT2D eigenvalue weighted by molar-refractivity contribution is 5.85. The van der Waals surface area contributed by atoms with Crippen molar-refractivity contribution in [2.24, 2.45) is 11.3 Å². The van der Waals surface area contributed by atoms with Gasteiger partial charge in [0.15, 0.2) is 0 Å². The maximum Gasteiger partial charge on any atom is 0.0605 e. The van der Waals surface area contributed by atoms with Crippen LogP contribution in [0.4, 0.5) is 11.4 Å². The Labute approximate surface area is 225 Å². The predicted octanol–water partition coefficient (Wildman–Crippen LogP) is 5.87. The van der Waals surface area contributed by atoms with Gasteiger partial charge in [-0.05, 0) is 80.1 Å². The zero-order chi connectivity index (χ0) is 24.3. The van der Waals surface area contributed by atoms with Crippen LogP contribution < -0.4 is 9.80 Å². The van der Waals surface area contributed by atoms with E-state index in [0.29, 0.717) is 11.5 Å². The summed E-state index contributed by atoms with van der Waals surface area (Å²) in [5.74, 6) is 0.822. The van der Waals surface area contributed by atoms with Crippen molar-refractivity contribution < 1.29 is 9.47 Å². The minimum Gasteiger partial charge on any atom is -0.381 e. The zero-order valence-electron chi connectivity index (χ0n) is 22.8. The fraction of sp³-hybridized carbons (Fsp3) is 0.733. The van der Waals surface area contributed by atoms with E-state index < -0.39 is 0 Å². The highest BCUT2D eigenvalue weighted by Gasteiger charge is 2.27. The fourth-order valence-electron chi connectivity index (χ4n) is 6.39. The van der Waals surface area contributed by atoms with Crippen LogP contribution in [-0.2, 0) is 9.47 Å². The number of rotatable bonds is 6. The molecule has 0 N–H and O–H groups in total. The standard InChI is InChI=1S/C30H47N3O2.ClH/c1-30(2)12-6-25(7-13-30)28-22-26(32-14-8-27(34-3)9-15-32)4-5-29(28)33-18-16-31(17-19-33)23-24-10-20-35-21-11-24;/h4-6,22,24,27H,7-21,23H2,1-3H3;1H. The van der Waals surface area contributed by atoms with Crippen LogP contribution in [-0.4, -0.2) is 77.1 Å². The van der Waals surface area contributed by atoms with Gasteiger partial charge in [0, 0.05) is 83.1 Å². The summed E-state index contributed by atoms with van der Waals surface area (Å²) in [5, 5.41) is 0. The lowest BCUT2D eigenvalue weighted by molar-refractivity contribution is 0.0517. The first-order valence-electron chi connectivity index (χ1n) is 14.2. The maximum atomic E-state index is 5.62. The van der Waals surface area contributed by atoms with E-state index in [1.807, 2.05) is 7.11 Å². The summed E-state index contributed by atoms with van der Waals surface area (Å²) in [6.07, 6.45) is 11.3. The van der Waals surface area contributed by atoms with E-state index in [1.165, 1.54) is 68.7 Å². The lowest BCUT2D eigenvalue weighted by atomic mass is 9.76. The summed E-state index contributed by atoms with van der Waals surface area (Å²) in [6, 6.07) is 7.33. The van der Waals surface area contributed by atoms with Crippen molar-refractivity contribution in [3.8, 4) is 0 Å². The van der Waals surface area contributed by atoms with Gasteiger partial charge in [-0.1, -0.05) is 19.9 Å². The Morgan fingerprint density at radius 3 is 2.31 bits per heavy atom. The van der Waals surface area contributed by atoms with Crippen molar-refractivity contribution in [1.82, 2.24) is 4.90 Å². The van der Waals surface area contributed by atoms with Crippen molar-refractivity contribution in [3.05, 3.63) is 29.8 Å². The summed E-state index contributed by atoms with van der Waals surface area (Å²) in [5.41, 5.74) is 6.33. The van der Waals surface area contributed by atoms with Gasteiger partial charge in [0.25, 0.3) is 0 Å². The Kier molecular flexibility index (Phi) is 9.65. The molecule has 0 unspecified atom stereocenters. The van der Waals surface area contributed by atoms with E-state index >= 15 is 0 Å². The van der Waals surface area contributed by atoms with Crippen LogP contribution in [0, 0.1) is 11.3 Å². The van der Waals surface area contributed by atoms with Gasteiger partial charge in [0.2, 0.25) is 0 Å². The van der Waals surface area contributed by atoms with E-state index in [0.717, 1.165) is 58.2 Å². The van der Waals surface area contributed by atoms with E-state index in [9.17, 15) is 0 Å². The van der Waals surface area contributed by atoms with Crippen molar-refractivity contribution in [1.29, 1.82) is 0 Å². The highest BCUT2D eigenvalue weighted by Crippen LogP contribution is 2.42. The maximum absolute atomic E-state index is 5.62. The quantitative estimate of drug-likeness (QED) is 0.471. The van der Waals surface area contributed by atoms with Crippen LogP contribution in [0.3, 0.4) is 0 Å². The Bertz CT molecular complexity index is 867. The smallest absolute Gasteiger partial charge is 0.0605 e. The van der Waals surface area contributed by atoms with Gasteiger partial charge in [-0.15, -0.1) is 12.4 Å². The van der Waals surface area contributed by atoms with Crippen LogP contribution in [0.15, 0.2) is 24.3 Å². The number of halogens is 1. The van der Waals surface area contributed by atoms with E-state index in [2.05, 4.69) is 52.8 Å². The molecule has 1 aromatic carbocycles. The summed E-state index contributed by atoms with van der Waals surface area (Å²) in [4.78, 5) is 7.93. The number of hydrogen-bond acceptors (Lipinski definition) is 5. The van der Waals surface area contributed by atoms with E-state index in [1.54, 1.807) is 5.57 Å². The molecule has 5 rings (SSSR count). The molecule has 36 heavy (non-hydrogen) atoms. The molecule has 0 radical (unpaired) electrons. The lowest BCUT2D eigenvalue weighted by Crippen LogP contribution is -2.48. The number of methoxy groups -OCH3 is 1. The highest BCUT2D eigenvalue weighted by atomic mass is 35.5. The molecule has 3 heterocycles. The molecule has 5 nitrogen and oxygen atoms in total. The molecule has 4 aliphatic rings. The van der Waals surface area contributed by atoms with Crippen LogP contribution in [0.25, 0.3) is 5.57 Å². The molecule has 3 aliphatic heterocycles. The number of hydrogen-bond donors (Lipinski definition) is 0. The van der Waals surface area contributed by atoms with E-state index in [-0.39, 0.29) is 12.4 Å². The number of benzene rings is 1. The topological polar surface area (TPSA) is 28.2 Å². The molecule has 0 aromatic heterocycles. The van der Waals surface area contributed by atoms with Crippen molar-refractivity contribution in [2.45, 2.75) is 64.9 Å².